The molecule has 1 unspecified atom stereocenters. The molecule has 0 aliphatic heterocycles. The lowest BCUT2D eigenvalue weighted by Crippen LogP contribution is -2.21. The van der Waals surface area contributed by atoms with Crippen molar-refractivity contribution in [2.24, 2.45) is 0 Å². The van der Waals surface area contributed by atoms with Gasteiger partial charge in [0.25, 0.3) is 0 Å². The van der Waals surface area contributed by atoms with Crippen molar-refractivity contribution in [1.82, 2.24) is 19.7 Å². The fourth-order valence-corrected chi connectivity index (χ4v) is 3.88. The Morgan fingerprint density at radius 3 is 2.71 bits per heavy atom. The molecule has 3 rings (SSSR count). The Morgan fingerprint density at radius 1 is 1.21 bits per heavy atom. The number of carbonyl (C=O) groups excluding carboxylic acids is 1. The fraction of sp³-hybridized carbons (Fsp3) is 0.300. The van der Waals surface area contributed by atoms with E-state index in [-0.39, 0.29) is 5.97 Å². The third-order valence-corrected chi connectivity index (χ3v) is 5.18. The van der Waals surface area contributed by atoms with Gasteiger partial charge in [0.05, 0.1) is 12.3 Å². The first kappa shape index (κ1) is 20.0. The van der Waals surface area contributed by atoms with Crippen LogP contribution in [0.15, 0.2) is 53.9 Å². The summed E-state index contributed by atoms with van der Waals surface area (Å²) in [4.78, 5) is 16.5. The van der Waals surface area contributed by atoms with Crippen molar-refractivity contribution in [2.75, 3.05) is 6.61 Å². The molecule has 28 heavy (non-hydrogen) atoms. The monoisotopic (exact) mass is 400 g/mol. The Morgan fingerprint density at radius 2 is 2.04 bits per heavy atom. The Labute approximate surface area is 167 Å². The molecule has 3 aromatic rings. The van der Waals surface area contributed by atoms with Crippen molar-refractivity contribution >= 4 is 17.7 Å². The van der Waals surface area contributed by atoms with E-state index in [9.17, 15) is 9.18 Å². The quantitative estimate of drug-likeness (QED) is 0.415. The molecule has 1 aromatic carbocycles. The summed E-state index contributed by atoms with van der Waals surface area (Å²) >= 11 is 1.23. The van der Waals surface area contributed by atoms with E-state index >= 15 is 0 Å². The molecule has 0 fully saturated rings. The van der Waals surface area contributed by atoms with Gasteiger partial charge in [-0.3, -0.25) is 14.3 Å². The lowest BCUT2D eigenvalue weighted by molar-refractivity contribution is -0.142. The second-order valence-electron chi connectivity index (χ2n) is 5.98. The highest BCUT2D eigenvalue weighted by Crippen LogP contribution is 2.32. The second kappa shape index (κ2) is 9.45. The Hall–Kier alpha value is -2.74. The van der Waals surface area contributed by atoms with E-state index in [1.54, 1.807) is 48.1 Å². The molecule has 0 saturated carbocycles. The zero-order valence-electron chi connectivity index (χ0n) is 15.7. The van der Waals surface area contributed by atoms with Crippen LogP contribution in [0.3, 0.4) is 0 Å². The summed E-state index contributed by atoms with van der Waals surface area (Å²) < 4.78 is 21.4. The van der Waals surface area contributed by atoms with Crippen molar-refractivity contribution < 1.29 is 13.9 Å². The number of nitrogens with zero attached hydrogens (tertiary/aromatic N) is 4. The van der Waals surface area contributed by atoms with Gasteiger partial charge in [0.1, 0.15) is 11.1 Å². The van der Waals surface area contributed by atoms with Gasteiger partial charge >= 0.3 is 5.97 Å². The van der Waals surface area contributed by atoms with Gasteiger partial charge in [-0.2, -0.15) is 0 Å². The van der Waals surface area contributed by atoms with E-state index in [2.05, 4.69) is 15.2 Å². The summed E-state index contributed by atoms with van der Waals surface area (Å²) in [5.41, 5.74) is 1.02. The van der Waals surface area contributed by atoms with Crippen LogP contribution in [0.25, 0.3) is 17.1 Å². The summed E-state index contributed by atoms with van der Waals surface area (Å²) in [7, 11) is 0. The summed E-state index contributed by atoms with van der Waals surface area (Å²) in [5.74, 6) is -0.252. The SMILES string of the molecule is CCCC(Sc1nnc(-c2cccnc2)n1-c1ccccc1F)C(=O)OCC. The maximum absolute atomic E-state index is 14.6. The molecule has 6 nitrogen and oxygen atoms in total. The number of halogens is 1. The Bertz CT molecular complexity index is 933. The van der Waals surface area contributed by atoms with Crippen LogP contribution in [0, 0.1) is 5.82 Å². The van der Waals surface area contributed by atoms with Crippen molar-refractivity contribution in [3.63, 3.8) is 0 Å². The minimum Gasteiger partial charge on any atom is -0.465 e. The number of hydrogen-bond acceptors (Lipinski definition) is 6. The van der Waals surface area contributed by atoms with E-state index < -0.39 is 11.1 Å². The third-order valence-electron chi connectivity index (χ3n) is 3.99. The number of benzene rings is 1. The number of esters is 1. The number of ether oxygens (including phenoxy) is 1. The van der Waals surface area contributed by atoms with Crippen LogP contribution in [0.2, 0.25) is 0 Å². The van der Waals surface area contributed by atoms with Gasteiger partial charge in [-0.1, -0.05) is 37.2 Å². The van der Waals surface area contributed by atoms with Crippen molar-refractivity contribution in [3.8, 4) is 17.1 Å². The molecule has 0 bridgehead atoms. The predicted molar refractivity (Wildman–Crippen MR) is 106 cm³/mol. The molecule has 0 N–H and O–H groups in total. The highest BCUT2D eigenvalue weighted by Gasteiger charge is 2.26. The summed E-state index contributed by atoms with van der Waals surface area (Å²) in [6, 6.07) is 10.0. The molecule has 0 saturated heterocycles. The largest absolute Gasteiger partial charge is 0.465 e. The van der Waals surface area contributed by atoms with Crippen molar-refractivity contribution in [2.45, 2.75) is 37.1 Å². The minimum absolute atomic E-state index is 0.305. The normalized spacial score (nSPS) is 12.0. The van der Waals surface area contributed by atoms with Gasteiger partial charge in [0.15, 0.2) is 11.0 Å². The van der Waals surface area contributed by atoms with E-state index in [1.165, 1.54) is 17.8 Å². The van der Waals surface area contributed by atoms with Crippen LogP contribution in [-0.2, 0) is 9.53 Å². The molecular formula is C20H21FN4O2S. The number of rotatable bonds is 8. The molecule has 2 aromatic heterocycles. The number of para-hydroxylation sites is 1. The van der Waals surface area contributed by atoms with Crippen LogP contribution < -0.4 is 0 Å². The molecule has 0 amide bonds. The zero-order chi connectivity index (χ0) is 19.9. The molecule has 0 aliphatic rings. The van der Waals surface area contributed by atoms with Crippen LogP contribution in [0.1, 0.15) is 26.7 Å². The van der Waals surface area contributed by atoms with E-state index in [0.29, 0.717) is 35.3 Å². The lowest BCUT2D eigenvalue weighted by atomic mass is 10.2. The zero-order valence-corrected chi connectivity index (χ0v) is 16.5. The standard InChI is InChI=1S/C20H21FN4O2S/c1-3-8-17(19(26)27-4-2)28-20-24-23-18(14-9-7-12-22-13-14)25(20)16-11-6-5-10-15(16)21/h5-7,9-13,17H,3-4,8H2,1-2H3. The summed E-state index contributed by atoms with van der Waals surface area (Å²) in [5, 5.41) is 8.49. The molecular weight excluding hydrogens is 379 g/mol. The smallest absolute Gasteiger partial charge is 0.319 e. The molecule has 146 valence electrons. The number of hydrogen-bond donors (Lipinski definition) is 0. The molecule has 1 atom stereocenters. The van der Waals surface area contributed by atoms with E-state index in [0.717, 1.165) is 6.42 Å². The van der Waals surface area contributed by atoms with Crippen LogP contribution >= 0.6 is 11.8 Å². The lowest BCUT2D eigenvalue weighted by Gasteiger charge is -2.16. The first-order valence-corrected chi connectivity index (χ1v) is 9.97. The highest BCUT2D eigenvalue weighted by molar-refractivity contribution is 8.00. The second-order valence-corrected chi connectivity index (χ2v) is 7.15. The first-order chi connectivity index (χ1) is 13.7. The average Bonchev–Trinajstić information content (AvgIpc) is 3.12. The maximum atomic E-state index is 14.6. The topological polar surface area (TPSA) is 69.9 Å². The van der Waals surface area contributed by atoms with Crippen molar-refractivity contribution in [1.29, 1.82) is 0 Å². The Balaban J connectivity index is 2.08. The minimum atomic E-state index is -0.443. The molecule has 0 radical (unpaired) electrons. The van der Waals surface area contributed by atoms with Crippen LogP contribution in [-0.4, -0.2) is 37.6 Å². The number of thioether (sulfide) groups is 1. The predicted octanol–water partition coefficient (Wildman–Crippen LogP) is 4.29. The average molecular weight is 400 g/mol. The fourth-order valence-electron chi connectivity index (χ4n) is 2.73. The molecule has 8 heteroatoms. The summed E-state index contributed by atoms with van der Waals surface area (Å²) in [6.07, 6.45) is 4.72. The Kier molecular flexibility index (Phi) is 6.76. The number of carbonyl (C=O) groups is 1. The van der Waals surface area contributed by atoms with Crippen LogP contribution in [0.5, 0.6) is 0 Å². The first-order valence-electron chi connectivity index (χ1n) is 9.09. The third kappa shape index (κ3) is 4.39. The number of pyridine rings is 1. The number of aromatic nitrogens is 4. The van der Waals surface area contributed by atoms with E-state index in [1.807, 2.05) is 13.0 Å². The molecule has 0 aliphatic carbocycles. The van der Waals surface area contributed by atoms with Gasteiger partial charge < -0.3 is 4.74 Å². The highest BCUT2D eigenvalue weighted by atomic mass is 32.2. The maximum Gasteiger partial charge on any atom is 0.319 e. The van der Waals surface area contributed by atoms with Crippen LogP contribution in [0.4, 0.5) is 4.39 Å². The van der Waals surface area contributed by atoms with E-state index in [4.69, 9.17) is 4.74 Å². The van der Waals surface area contributed by atoms with Gasteiger partial charge in [0, 0.05) is 18.0 Å². The van der Waals surface area contributed by atoms with Gasteiger partial charge in [-0.05, 0) is 37.6 Å². The molecule has 2 heterocycles. The summed E-state index contributed by atoms with van der Waals surface area (Å²) in [6.45, 7) is 4.07. The molecule has 0 spiro atoms. The van der Waals surface area contributed by atoms with Crippen molar-refractivity contribution in [3.05, 3.63) is 54.6 Å². The van der Waals surface area contributed by atoms with Gasteiger partial charge in [0.2, 0.25) is 0 Å². The van der Waals surface area contributed by atoms with Gasteiger partial charge in [-0.15, -0.1) is 10.2 Å². The van der Waals surface area contributed by atoms with Gasteiger partial charge in [-0.25, -0.2) is 4.39 Å².